The first-order valence-corrected chi connectivity index (χ1v) is 11.8. The maximum Gasteiger partial charge on any atom is 0.220 e. The summed E-state index contributed by atoms with van der Waals surface area (Å²) in [5.41, 5.74) is 0. The second-order valence-corrected chi connectivity index (χ2v) is 9.20. The van der Waals surface area contributed by atoms with Crippen molar-refractivity contribution in [3.8, 4) is 5.75 Å². The average molecular weight is 433 g/mol. The summed E-state index contributed by atoms with van der Waals surface area (Å²) in [6, 6.07) is 6.93. The summed E-state index contributed by atoms with van der Waals surface area (Å²) in [5.74, 6) is 0.643. The summed E-state index contributed by atoms with van der Waals surface area (Å²) in [6.45, 7) is 1.90. The Balaban J connectivity index is 0.00000392. The van der Waals surface area contributed by atoms with Crippen LogP contribution in [-0.2, 0) is 14.6 Å². The van der Waals surface area contributed by atoms with Gasteiger partial charge in [-0.3, -0.25) is 4.79 Å². The molecule has 0 bridgehead atoms. The molecule has 0 spiro atoms. The molecule has 1 aliphatic rings. The van der Waals surface area contributed by atoms with E-state index >= 15 is 0 Å². The van der Waals surface area contributed by atoms with Crippen molar-refractivity contribution in [2.24, 2.45) is 0 Å². The first-order valence-electron chi connectivity index (χ1n) is 9.88. The molecule has 6 nitrogen and oxygen atoms in total. The number of halogens is 1. The number of rotatable bonds is 10. The van der Waals surface area contributed by atoms with Gasteiger partial charge < -0.3 is 15.4 Å². The van der Waals surface area contributed by atoms with Crippen LogP contribution >= 0.6 is 12.4 Å². The number of sulfone groups is 1. The smallest absolute Gasteiger partial charge is 0.220 e. The van der Waals surface area contributed by atoms with E-state index in [0.29, 0.717) is 37.8 Å². The molecule has 0 aromatic heterocycles. The topological polar surface area (TPSA) is 84.5 Å². The number of ether oxygens (including phenoxy) is 1. The third kappa shape index (κ3) is 9.75. The van der Waals surface area contributed by atoms with Crippen LogP contribution in [0.3, 0.4) is 0 Å². The minimum Gasteiger partial charge on any atom is -0.494 e. The van der Waals surface area contributed by atoms with Crippen molar-refractivity contribution in [2.45, 2.75) is 62.3 Å². The zero-order valence-electron chi connectivity index (χ0n) is 16.6. The Bertz CT molecular complexity index is 672. The second-order valence-electron chi connectivity index (χ2n) is 7.19. The molecule has 0 atom stereocenters. The van der Waals surface area contributed by atoms with Gasteiger partial charge in [-0.05, 0) is 43.5 Å². The lowest BCUT2D eigenvalue weighted by atomic mass is 10.1. The van der Waals surface area contributed by atoms with Gasteiger partial charge in [0.2, 0.25) is 5.91 Å². The molecule has 28 heavy (non-hydrogen) atoms. The van der Waals surface area contributed by atoms with Crippen molar-refractivity contribution in [1.82, 2.24) is 10.6 Å². The van der Waals surface area contributed by atoms with E-state index in [4.69, 9.17) is 4.74 Å². The van der Waals surface area contributed by atoms with Crippen LogP contribution in [0.4, 0.5) is 0 Å². The van der Waals surface area contributed by atoms with Crippen LogP contribution in [0.1, 0.15) is 51.4 Å². The lowest BCUT2D eigenvalue weighted by molar-refractivity contribution is -0.121. The van der Waals surface area contributed by atoms with Gasteiger partial charge in [-0.25, -0.2) is 8.42 Å². The molecule has 1 amide bonds. The molecular weight excluding hydrogens is 400 g/mol. The fourth-order valence-corrected chi connectivity index (χ4v) is 3.89. The van der Waals surface area contributed by atoms with Gasteiger partial charge in [0.05, 0.1) is 11.5 Å². The highest BCUT2D eigenvalue weighted by atomic mass is 35.5. The van der Waals surface area contributed by atoms with Gasteiger partial charge in [0.1, 0.15) is 5.75 Å². The molecule has 1 fully saturated rings. The highest BCUT2D eigenvalue weighted by Crippen LogP contribution is 2.17. The summed E-state index contributed by atoms with van der Waals surface area (Å²) in [5, 5.41) is 6.48. The Morgan fingerprint density at radius 2 is 1.71 bits per heavy atom. The predicted molar refractivity (Wildman–Crippen MR) is 114 cm³/mol. The van der Waals surface area contributed by atoms with Crippen LogP contribution in [-0.4, -0.2) is 46.3 Å². The average Bonchev–Trinajstić information content (AvgIpc) is 2.91. The summed E-state index contributed by atoms with van der Waals surface area (Å²) in [6.07, 6.45) is 10.0. The van der Waals surface area contributed by atoms with Crippen molar-refractivity contribution in [3.05, 3.63) is 24.3 Å². The summed E-state index contributed by atoms with van der Waals surface area (Å²) >= 11 is 0. The van der Waals surface area contributed by atoms with Gasteiger partial charge in [-0.2, -0.15) is 0 Å². The van der Waals surface area contributed by atoms with Crippen molar-refractivity contribution in [3.63, 3.8) is 0 Å². The van der Waals surface area contributed by atoms with E-state index in [1.807, 2.05) is 0 Å². The van der Waals surface area contributed by atoms with Gasteiger partial charge in [0.25, 0.3) is 0 Å². The van der Waals surface area contributed by atoms with Gasteiger partial charge >= 0.3 is 0 Å². The minimum atomic E-state index is -3.19. The lowest BCUT2D eigenvalue weighted by Crippen LogP contribution is -2.36. The molecule has 0 saturated heterocycles. The quantitative estimate of drug-likeness (QED) is 0.438. The molecule has 1 saturated carbocycles. The highest BCUT2D eigenvalue weighted by Gasteiger charge is 2.11. The molecule has 0 aliphatic heterocycles. The van der Waals surface area contributed by atoms with Crippen LogP contribution in [0.25, 0.3) is 0 Å². The van der Waals surface area contributed by atoms with Gasteiger partial charge in [-0.15, -0.1) is 12.4 Å². The zero-order valence-corrected chi connectivity index (χ0v) is 18.2. The number of hydrogen-bond acceptors (Lipinski definition) is 5. The van der Waals surface area contributed by atoms with Crippen molar-refractivity contribution < 1.29 is 17.9 Å². The predicted octanol–water partition coefficient (Wildman–Crippen LogP) is 3.10. The first kappa shape index (κ1) is 24.7. The van der Waals surface area contributed by atoms with Crippen LogP contribution < -0.4 is 15.4 Å². The Kier molecular flexibility index (Phi) is 11.5. The standard InChI is InChI=1S/C20H32N2O4S.ClH/c1-27(24,25)19-12-10-18(11-13-19)26-16-6-9-20(23)22-15-14-21-17-7-4-2-3-5-8-17;/h10-13,17,21H,2-9,14-16H2,1H3,(H,22,23);1H. The van der Waals surface area contributed by atoms with Crippen LogP contribution in [0.15, 0.2) is 29.2 Å². The summed E-state index contributed by atoms with van der Waals surface area (Å²) in [4.78, 5) is 12.1. The van der Waals surface area contributed by atoms with Gasteiger partial charge in [0.15, 0.2) is 9.84 Å². The monoisotopic (exact) mass is 432 g/mol. The number of hydrogen-bond donors (Lipinski definition) is 2. The molecule has 2 rings (SSSR count). The normalized spacial score (nSPS) is 15.3. The van der Waals surface area contributed by atoms with Crippen LogP contribution in [0.2, 0.25) is 0 Å². The molecule has 2 N–H and O–H groups in total. The fourth-order valence-electron chi connectivity index (χ4n) is 3.26. The maximum atomic E-state index is 11.9. The van der Waals surface area contributed by atoms with E-state index in [9.17, 15) is 13.2 Å². The molecule has 0 unspecified atom stereocenters. The molecule has 0 heterocycles. The fraction of sp³-hybridized carbons (Fsp3) is 0.650. The number of amides is 1. The third-order valence-corrected chi connectivity index (χ3v) is 5.93. The third-order valence-electron chi connectivity index (χ3n) is 4.80. The lowest BCUT2D eigenvalue weighted by Gasteiger charge is -2.16. The van der Waals surface area contributed by atoms with Crippen molar-refractivity contribution >= 4 is 28.2 Å². The largest absolute Gasteiger partial charge is 0.494 e. The molecule has 1 aromatic rings. The molecule has 0 radical (unpaired) electrons. The van der Waals surface area contributed by atoms with E-state index in [2.05, 4.69) is 10.6 Å². The first-order chi connectivity index (χ1) is 12.9. The molecular formula is C20H33ClN2O4S. The number of benzene rings is 1. The second kappa shape index (κ2) is 13.0. The molecule has 1 aromatic carbocycles. The highest BCUT2D eigenvalue weighted by molar-refractivity contribution is 7.90. The van der Waals surface area contributed by atoms with E-state index in [1.165, 1.54) is 56.9 Å². The Morgan fingerprint density at radius 1 is 1.07 bits per heavy atom. The number of carbonyl (C=O) groups is 1. The van der Waals surface area contributed by atoms with Gasteiger partial charge in [-0.1, -0.05) is 25.7 Å². The molecule has 1 aliphatic carbocycles. The van der Waals surface area contributed by atoms with E-state index in [0.717, 1.165) is 6.54 Å². The summed E-state index contributed by atoms with van der Waals surface area (Å²) < 4.78 is 28.4. The minimum absolute atomic E-state index is 0. The van der Waals surface area contributed by atoms with Crippen LogP contribution in [0, 0.1) is 0 Å². The van der Waals surface area contributed by atoms with Crippen LogP contribution in [0.5, 0.6) is 5.75 Å². The van der Waals surface area contributed by atoms with E-state index in [1.54, 1.807) is 12.1 Å². The SMILES string of the molecule is CS(=O)(=O)c1ccc(OCCCC(=O)NCCNC2CCCCCC2)cc1.Cl. The van der Waals surface area contributed by atoms with E-state index < -0.39 is 9.84 Å². The number of carbonyl (C=O) groups excluding carboxylic acids is 1. The van der Waals surface area contributed by atoms with Crippen molar-refractivity contribution in [2.75, 3.05) is 26.0 Å². The zero-order chi connectivity index (χ0) is 19.5. The number of nitrogens with one attached hydrogen (secondary N) is 2. The van der Waals surface area contributed by atoms with E-state index in [-0.39, 0.29) is 23.2 Å². The Morgan fingerprint density at radius 3 is 2.32 bits per heavy atom. The van der Waals surface area contributed by atoms with Crippen molar-refractivity contribution in [1.29, 1.82) is 0 Å². The maximum absolute atomic E-state index is 11.9. The summed E-state index contributed by atoms with van der Waals surface area (Å²) in [7, 11) is -3.19. The van der Waals surface area contributed by atoms with Gasteiger partial charge in [0, 0.05) is 31.8 Å². The Hall–Kier alpha value is -1.31. The molecule has 8 heteroatoms. The molecule has 160 valence electrons. The Labute approximate surface area is 175 Å².